The first kappa shape index (κ1) is 26.8. The van der Waals surface area contributed by atoms with Crippen molar-refractivity contribution in [2.24, 2.45) is 0 Å². The first-order valence-corrected chi connectivity index (χ1v) is 9.00. The number of hydrogen-bond acceptors (Lipinski definition) is 1. The molecule has 0 aliphatic rings. The Morgan fingerprint density at radius 2 is 1.30 bits per heavy atom. The number of benzene rings is 2. The molecule has 182 valence electrons. The Balaban J connectivity index is 2.83. The van der Waals surface area contributed by atoms with E-state index >= 15 is 0 Å². The number of carbonyl (C=O) groups is 1. The standard InChI is InChI=1S/C18H8BrF12NO/c1-32(14(33)12-10(20)3-2-4-11(12)21)13-8(16(23,24)25)5-7(6-9(13)19)15(22,17(26,27)28)18(29,30)31/h2-6H,1H3. The smallest absolute Gasteiger partial charge is 0.310 e. The molecule has 0 atom stereocenters. The number of nitrogens with zero attached hydrogens (tertiary/aromatic N) is 1. The highest BCUT2D eigenvalue weighted by Gasteiger charge is 2.73. The van der Waals surface area contributed by atoms with Crippen LogP contribution in [0.5, 0.6) is 0 Å². The maximum atomic E-state index is 14.3. The zero-order valence-corrected chi connectivity index (χ0v) is 17.2. The van der Waals surface area contributed by atoms with E-state index in [4.69, 9.17) is 0 Å². The molecule has 2 rings (SSSR count). The quantitative estimate of drug-likeness (QED) is 0.360. The maximum Gasteiger partial charge on any atom is 0.435 e. The molecule has 0 heterocycles. The fourth-order valence-corrected chi connectivity index (χ4v) is 3.54. The Morgan fingerprint density at radius 3 is 1.70 bits per heavy atom. The topological polar surface area (TPSA) is 20.3 Å². The summed E-state index contributed by atoms with van der Waals surface area (Å²) in [5.41, 5.74) is -13.8. The van der Waals surface area contributed by atoms with Gasteiger partial charge in [-0.3, -0.25) is 4.79 Å². The third-order valence-electron chi connectivity index (χ3n) is 4.36. The van der Waals surface area contributed by atoms with Crippen LogP contribution >= 0.6 is 15.9 Å². The lowest BCUT2D eigenvalue weighted by Crippen LogP contribution is -2.50. The number of alkyl halides is 10. The van der Waals surface area contributed by atoms with Gasteiger partial charge in [0.15, 0.2) is 0 Å². The first-order chi connectivity index (χ1) is 14.7. The second-order valence-corrected chi connectivity index (χ2v) is 7.32. The molecule has 0 radical (unpaired) electrons. The summed E-state index contributed by atoms with van der Waals surface area (Å²) in [5.74, 6) is -4.78. The van der Waals surface area contributed by atoms with Gasteiger partial charge in [0.25, 0.3) is 5.91 Å². The lowest BCUT2D eigenvalue weighted by atomic mass is 9.91. The van der Waals surface area contributed by atoms with Crippen LogP contribution in [0.15, 0.2) is 34.8 Å². The lowest BCUT2D eigenvalue weighted by Gasteiger charge is -2.32. The van der Waals surface area contributed by atoms with E-state index in [1.807, 2.05) is 0 Å². The molecule has 0 unspecified atom stereocenters. The van der Waals surface area contributed by atoms with Gasteiger partial charge in [-0.1, -0.05) is 6.07 Å². The van der Waals surface area contributed by atoms with Crippen molar-refractivity contribution in [3.05, 3.63) is 63.1 Å². The third-order valence-corrected chi connectivity index (χ3v) is 4.97. The molecule has 0 saturated heterocycles. The van der Waals surface area contributed by atoms with Crippen LogP contribution < -0.4 is 4.90 Å². The monoisotopic (exact) mass is 561 g/mol. The predicted molar refractivity (Wildman–Crippen MR) is 93.1 cm³/mol. The molecule has 33 heavy (non-hydrogen) atoms. The molecule has 0 aromatic heterocycles. The number of amides is 1. The van der Waals surface area contributed by atoms with Gasteiger partial charge in [0.2, 0.25) is 0 Å². The Kier molecular flexibility index (Phi) is 6.82. The minimum atomic E-state index is -6.72. The summed E-state index contributed by atoms with van der Waals surface area (Å²) in [4.78, 5) is 12.4. The molecule has 0 fully saturated rings. The predicted octanol–water partition coefficient (Wildman–Crippen LogP) is 7.31. The van der Waals surface area contributed by atoms with Crippen molar-refractivity contribution < 1.29 is 57.5 Å². The van der Waals surface area contributed by atoms with Crippen molar-refractivity contribution in [1.29, 1.82) is 0 Å². The minimum Gasteiger partial charge on any atom is -0.310 e. The van der Waals surface area contributed by atoms with E-state index in [2.05, 4.69) is 15.9 Å². The average molecular weight is 562 g/mol. The van der Waals surface area contributed by atoms with Crippen molar-refractivity contribution in [3.63, 3.8) is 0 Å². The molecule has 2 aromatic carbocycles. The number of anilines is 1. The van der Waals surface area contributed by atoms with Crippen LogP contribution in [0.2, 0.25) is 0 Å². The van der Waals surface area contributed by atoms with E-state index in [-0.39, 0.29) is 11.0 Å². The van der Waals surface area contributed by atoms with Gasteiger partial charge in [0, 0.05) is 17.1 Å². The first-order valence-electron chi connectivity index (χ1n) is 8.20. The molecule has 0 saturated carbocycles. The van der Waals surface area contributed by atoms with Gasteiger partial charge < -0.3 is 4.90 Å². The van der Waals surface area contributed by atoms with Gasteiger partial charge in [0.05, 0.1) is 11.3 Å². The van der Waals surface area contributed by atoms with E-state index in [1.165, 1.54) is 0 Å². The van der Waals surface area contributed by atoms with Crippen LogP contribution in [-0.4, -0.2) is 25.3 Å². The second kappa shape index (κ2) is 8.40. The molecule has 0 aliphatic heterocycles. The van der Waals surface area contributed by atoms with Crippen molar-refractivity contribution in [3.8, 4) is 0 Å². The van der Waals surface area contributed by atoms with Crippen molar-refractivity contribution in [1.82, 2.24) is 0 Å². The Morgan fingerprint density at radius 1 is 0.848 bits per heavy atom. The number of halogens is 13. The van der Waals surface area contributed by atoms with Crippen molar-refractivity contribution >= 4 is 27.5 Å². The molecular weight excluding hydrogens is 554 g/mol. The van der Waals surface area contributed by atoms with Crippen LogP contribution in [0.3, 0.4) is 0 Å². The van der Waals surface area contributed by atoms with Crippen LogP contribution in [-0.2, 0) is 11.8 Å². The summed E-state index contributed by atoms with van der Waals surface area (Å²) in [5, 5.41) is 0. The largest absolute Gasteiger partial charge is 0.435 e. The van der Waals surface area contributed by atoms with Crippen molar-refractivity contribution in [2.45, 2.75) is 24.2 Å². The van der Waals surface area contributed by atoms with Gasteiger partial charge in [0.1, 0.15) is 17.2 Å². The summed E-state index contributed by atoms with van der Waals surface area (Å²) in [6.07, 6.45) is -19.2. The van der Waals surface area contributed by atoms with Crippen LogP contribution in [0.1, 0.15) is 21.5 Å². The van der Waals surface area contributed by atoms with Gasteiger partial charge in [-0.2, -0.15) is 39.5 Å². The van der Waals surface area contributed by atoms with E-state index in [0.29, 0.717) is 19.2 Å². The molecule has 1 amide bonds. The number of rotatable bonds is 3. The zero-order valence-electron chi connectivity index (χ0n) is 15.7. The average Bonchev–Trinajstić information content (AvgIpc) is 2.63. The van der Waals surface area contributed by atoms with Crippen LogP contribution in [0.25, 0.3) is 0 Å². The molecule has 0 aliphatic carbocycles. The normalized spacial score (nSPS) is 13.3. The highest BCUT2D eigenvalue weighted by Crippen LogP contribution is 2.55. The Hall–Kier alpha value is -2.45. The van der Waals surface area contributed by atoms with Gasteiger partial charge in [-0.25, -0.2) is 13.2 Å². The molecule has 0 bridgehead atoms. The van der Waals surface area contributed by atoms with Gasteiger partial charge in [-0.05, 0) is 40.2 Å². The molecule has 2 aromatic rings. The highest BCUT2D eigenvalue weighted by molar-refractivity contribution is 9.10. The fraction of sp³-hybridized carbons (Fsp3) is 0.278. The molecule has 15 heteroatoms. The van der Waals surface area contributed by atoms with Crippen LogP contribution in [0, 0.1) is 11.6 Å². The van der Waals surface area contributed by atoms with E-state index < -0.39 is 74.7 Å². The minimum absolute atomic E-state index is 0.0563. The Labute approximate surface area is 184 Å². The van der Waals surface area contributed by atoms with Crippen LogP contribution in [0.4, 0.5) is 58.4 Å². The molecular formula is C18H8BrF12NO. The van der Waals surface area contributed by atoms with Crippen molar-refractivity contribution in [2.75, 3.05) is 11.9 Å². The lowest BCUT2D eigenvalue weighted by molar-refractivity contribution is -0.348. The molecule has 0 spiro atoms. The summed E-state index contributed by atoms with van der Waals surface area (Å²) in [7, 11) is 0.527. The summed E-state index contributed by atoms with van der Waals surface area (Å²) >= 11 is 2.31. The number of carbonyl (C=O) groups excluding carboxylic acids is 1. The summed E-state index contributed by atoms with van der Waals surface area (Å²) in [6.45, 7) is 0. The van der Waals surface area contributed by atoms with Gasteiger partial charge in [-0.15, -0.1) is 0 Å². The summed E-state index contributed by atoms with van der Waals surface area (Å²) in [6, 6.07) is 0.951. The Bertz CT molecular complexity index is 1040. The maximum absolute atomic E-state index is 14.3. The van der Waals surface area contributed by atoms with E-state index in [0.717, 1.165) is 6.07 Å². The zero-order chi connectivity index (χ0) is 25.7. The SMILES string of the molecule is CN(C(=O)c1c(F)cccc1F)c1c(Br)cc(C(F)(C(F)(F)F)C(F)(F)F)cc1C(F)(F)F. The third kappa shape index (κ3) is 4.64. The number of hydrogen-bond donors (Lipinski definition) is 0. The molecule has 2 nitrogen and oxygen atoms in total. The van der Waals surface area contributed by atoms with E-state index in [9.17, 15) is 57.5 Å². The summed E-state index contributed by atoms with van der Waals surface area (Å²) < 4.78 is 160. The second-order valence-electron chi connectivity index (χ2n) is 6.47. The van der Waals surface area contributed by atoms with E-state index in [1.54, 1.807) is 0 Å². The fourth-order valence-electron chi connectivity index (χ4n) is 2.81. The molecule has 0 N–H and O–H groups in total. The van der Waals surface area contributed by atoms with Gasteiger partial charge >= 0.3 is 24.2 Å². The highest BCUT2D eigenvalue weighted by atomic mass is 79.9.